The van der Waals surface area contributed by atoms with Crippen LogP contribution in [0.25, 0.3) is 0 Å². The minimum Gasteiger partial charge on any atom is -0.416 e. The molecule has 0 radical (unpaired) electrons. The highest BCUT2D eigenvalue weighted by Crippen LogP contribution is 2.29. The van der Waals surface area contributed by atoms with E-state index in [-0.39, 0.29) is 0 Å². The van der Waals surface area contributed by atoms with Crippen molar-refractivity contribution in [1.82, 2.24) is 0 Å². The lowest BCUT2D eigenvalue weighted by Gasteiger charge is -2.45. The average molecular weight is 372 g/mol. The summed E-state index contributed by atoms with van der Waals surface area (Å²) in [7, 11) is -12.2. The monoisotopic (exact) mass is 371 g/mol. The first-order chi connectivity index (χ1) is 8.54. The van der Waals surface area contributed by atoms with Gasteiger partial charge in [0, 0.05) is 0 Å². The van der Waals surface area contributed by atoms with Crippen LogP contribution >= 0.6 is 0 Å². The SMILES string of the molecule is C[Si]1(C)O[Si](C)(C)O[Si](C)(C)O[Si](C)(N)O[Si](C)(C)O1. The molecule has 0 bridgehead atoms. The lowest BCUT2D eigenvalue weighted by atomic mass is 11.9. The van der Waals surface area contributed by atoms with E-state index in [1.165, 1.54) is 0 Å². The Hall–Kier alpha value is 0.844. The molecule has 0 unspecified atom stereocenters. The van der Waals surface area contributed by atoms with Crippen molar-refractivity contribution in [2.24, 2.45) is 5.40 Å². The molecule has 0 saturated carbocycles. The standard InChI is InChI=1S/C9H29NO5Si5/c1-16(2)11-17(3,4)13-19(7,8)15-20(9,10)14-18(5,6)12-16/h10H2,1-9H3. The van der Waals surface area contributed by atoms with E-state index in [1.807, 2.05) is 58.9 Å². The third-order valence-electron chi connectivity index (χ3n) is 2.37. The van der Waals surface area contributed by atoms with Gasteiger partial charge in [-0.3, -0.25) is 0 Å². The van der Waals surface area contributed by atoms with E-state index in [4.69, 9.17) is 26.0 Å². The fraction of sp³-hybridized carbons (Fsp3) is 1.00. The minimum absolute atomic E-state index is 1.86. The van der Waals surface area contributed by atoms with E-state index in [1.54, 1.807) is 0 Å². The van der Waals surface area contributed by atoms with Crippen molar-refractivity contribution in [3.8, 4) is 0 Å². The third-order valence-corrected chi connectivity index (χ3v) is 21.3. The summed E-state index contributed by atoms with van der Waals surface area (Å²) < 4.78 is 30.9. The summed E-state index contributed by atoms with van der Waals surface area (Å²) in [5, 5.41) is 6.29. The summed E-state index contributed by atoms with van der Waals surface area (Å²) in [4.78, 5) is 0. The van der Waals surface area contributed by atoms with Gasteiger partial charge in [0.25, 0.3) is 0 Å². The number of nitrogens with two attached hydrogens (primary N) is 1. The van der Waals surface area contributed by atoms with Crippen molar-refractivity contribution in [3.05, 3.63) is 0 Å². The number of hydrogen-bond donors (Lipinski definition) is 1. The first-order valence-electron chi connectivity index (χ1n) is 6.83. The zero-order valence-electron chi connectivity index (χ0n) is 14.1. The van der Waals surface area contributed by atoms with Gasteiger partial charge in [-0.05, 0) is 58.9 Å². The van der Waals surface area contributed by atoms with Crippen molar-refractivity contribution in [2.75, 3.05) is 0 Å². The van der Waals surface area contributed by atoms with Crippen molar-refractivity contribution in [3.63, 3.8) is 0 Å². The van der Waals surface area contributed by atoms with Crippen LogP contribution in [0, 0.1) is 0 Å². The van der Waals surface area contributed by atoms with Gasteiger partial charge in [-0.15, -0.1) is 0 Å². The van der Waals surface area contributed by atoms with Crippen LogP contribution < -0.4 is 5.40 Å². The molecule has 2 N–H and O–H groups in total. The molecule has 0 aromatic carbocycles. The zero-order chi connectivity index (χ0) is 16.0. The van der Waals surface area contributed by atoms with Crippen LogP contribution in [-0.4, -0.2) is 43.0 Å². The Morgan fingerprint density at radius 2 is 0.650 bits per heavy atom. The van der Waals surface area contributed by atoms with E-state index < -0.39 is 43.0 Å². The highest BCUT2D eigenvalue weighted by molar-refractivity contribution is 6.92. The predicted octanol–water partition coefficient (Wildman–Crippen LogP) is 2.42. The second kappa shape index (κ2) is 5.48. The van der Waals surface area contributed by atoms with Gasteiger partial charge in [-0.25, -0.2) is 0 Å². The Kier molecular flexibility index (Phi) is 5.18. The first-order valence-corrected chi connectivity index (χ1v) is 20.5. The molecule has 1 aliphatic heterocycles. The highest BCUT2D eigenvalue weighted by atomic mass is 28.5. The quantitative estimate of drug-likeness (QED) is 0.659. The summed E-state index contributed by atoms with van der Waals surface area (Å²) in [6.45, 7) is 18.0. The molecule has 0 amide bonds. The van der Waals surface area contributed by atoms with Crippen LogP contribution in [0.2, 0.25) is 58.9 Å². The lowest BCUT2D eigenvalue weighted by molar-refractivity contribution is 0.236. The maximum absolute atomic E-state index is 6.29. The Balaban J connectivity index is 3.15. The van der Waals surface area contributed by atoms with Gasteiger partial charge in [-0.2, -0.15) is 0 Å². The Labute approximate surface area is 128 Å². The summed E-state index contributed by atoms with van der Waals surface area (Å²) in [5.74, 6) is 0. The molecule has 0 spiro atoms. The smallest absolute Gasteiger partial charge is 0.401 e. The van der Waals surface area contributed by atoms with E-state index in [0.717, 1.165) is 0 Å². The topological polar surface area (TPSA) is 72.2 Å². The van der Waals surface area contributed by atoms with Gasteiger partial charge in [0.05, 0.1) is 0 Å². The summed E-state index contributed by atoms with van der Waals surface area (Å²) in [6, 6.07) is 0. The first kappa shape index (κ1) is 18.9. The molecule has 0 atom stereocenters. The molecule has 1 aliphatic rings. The molecule has 1 fully saturated rings. The van der Waals surface area contributed by atoms with E-state index in [2.05, 4.69) is 0 Å². The van der Waals surface area contributed by atoms with Gasteiger partial charge in [0.15, 0.2) is 0 Å². The second-order valence-electron chi connectivity index (χ2n) is 7.13. The van der Waals surface area contributed by atoms with E-state index in [9.17, 15) is 0 Å². The Morgan fingerprint density at radius 3 is 0.900 bits per heavy atom. The van der Waals surface area contributed by atoms with E-state index >= 15 is 0 Å². The fourth-order valence-corrected chi connectivity index (χ4v) is 27.6. The summed E-state index contributed by atoms with van der Waals surface area (Å²) in [6.07, 6.45) is 0. The molecule has 20 heavy (non-hydrogen) atoms. The molecule has 1 rings (SSSR count). The van der Waals surface area contributed by atoms with Crippen LogP contribution in [0.1, 0.15) is 0 Å². The highest BCUT2D eigenvalue weighted by Gasteiger charge is 2.51. The molecule has 0 aliphatic carbocycles. The number of hydrogen-bond acceptors (Lipinski definition) is 6. The molecule has 11 heteroatoms. The minimum atomic E-state index is -2.76. The number of rotatable bonds is 0. The van der Waals surface area contributed by atoms with Crippen LogP contribution in [0.15, 0.2) is 0 Å². The third kappa shape index (κ3) is 6.31. The molecule has 0 aromatic heterocycles. The van der Waals surface area contributed by atoms with E-state index in [0.29, 0.717) is 0 Å². The normalized spacial score (nSPS) is 31.5. The second-order valence-corrected chi connectivity index (χ2v) is 24.4. The molecule has 0 aromatic rings. The Bertz CT molecular complexity index is 272. The average Bonchev–Trinajstić information content (AvgIpc) is 1.84. The summed E-state index contributed by atoms with van der Waals surface area (Å²) >= 11 is 0. The largest absolute Gasteiger partial charge is 0.416 e. The van der Waals surface area contributed by atoms with Crippen LogP contribution in [0.3, 0.4) is 0 Å². The molecule has 6 nitrogen and oxygen atoms in total. The molecule has 1 saturated heterocycles. The maximum Gasteiger partial charge on any atom is 0.401 e. The van der Waals surface area contributed by atoms with Crippen molar-refractivity contribution in [2.45, 2.75) is 58.9 Å². The molecular formula is C9H29NO5Si5. The summed E-state index contributed by atoms with van der Waals surface area (Å²) in [5.41, 5.74) is 0. The maximum atomic E-state index is 6.29. The Morgan fingerprint density at radius 1 is 0.450 bits per heavy atom. The molecule has 1 heterocycles. The van der Waals surface area contributed by atoms with Crippen molar-refractivity contribution >= 4 is 43.0 Å². The van der Waals surface area contributed by atoms with Gasteiger partial charge in [0.2, 0.25) is 0 Å². The lowest BCUT2D eigenvalue weighted by Crippen LogP contribution is -2.67. The van der Waals surface area contributed by atoms with Crippen molar-refractivity contribution < 1.29 is 20.6 Å². The van der Waals surface area contributed by atoms with Crippen LogP contribution in [-0.2, 0) is 20.6 Å². The van der Waals surface area contributed by atoms with Gasteiger partial charge in [-0.1, -0.05) is 0 Å². The fourth-order valence-electron chi connectivity index (χ4n) is 2.86. The zero-order valence-corrected chi connectivity index (χ0v) is 19.1. The van der Waals surface area contributed by atoms with Crippen LogP contribution in [0.4, 0.5) is 0 Å². The van der Waals surface area contributed by atoms with Crippen LogP contribution in [0.5, 0.6) is 0 Å². The van der Waals surface area contributed by atoms with Gasteiger partial charge < -0.3 is 26.0 Å². The molecular weight excluding hydrogens is 343 g/mol. The molecule has 120 valence electrons. The predicted molar refractivity (Wildman–Crippen MR) is 91.2 cm³/mol. The van der Waals surface area contributed by atoms with Gasteiger partial charge in [0.1, 0.15) is 0 Å². The van der Waals surface area contributed by atoms with Gasteiger partial charge >= 0.3 is 43.0 Å². The van der Waals surface area contributed by atoms with Crippen molar-refractivity contribution in [1.29, 1.82) is 0 Å².